The number of halogens is 4. The van der Waals surface area contributed by atoms with Crippen LogP contribution in [-0.2, 0) is 0 Å². The van der Waals surface area contributed by atoms with E-state index in [4.69, 9.17) is 23.2 Å². The normalized spacial score (nSPS) is 11.4. The largest absolute Gasteiger partial charge is 0.478 e. The van der Waals surface area contributed by atoms with Crippen LogP contribution < -0.4 is 5.01 Å². The van der Waals surface area contributed by atoms with Gasteiger partial charge in [0.25, 0.3) is 0 Å². The maximum atomic E-state index is 14.7. The third-order valence-corrected chi connectivity index (χ3v) is 5.49. The number of carboxylic acid groups (broad SMARTS) is 1. The zero-order valence-corrected chi connectivity index (χ0v) is 18.1. The first-order valence-corrected chi connectivity index (χ1v) is 10.2. The molecule has 10 heteroatoms. The molecule has 30 heavy (non-hydrogen) atoms. The Bertz CT molecular complexity index is 1110. The Morgan fingerprint density at radius 2 is 1.90 bits per heavy atom. The Morgan fingerprint density at radius 1 is 1.23 bits per heavy atom. The zero-order chi connectivity index (χ0) is 22.0. The van der Waals surface area contributed by atoms with Crippen molar-refractivity contribution < 1.29 is 18.7 Å². The summed E-state index contributed by atoms with van der Waals surface area (Å²) in [7, 11) is 0. The lowest BCUT2D eigenvalue weighted by Gasteiger charge is -2.20. The highest BCUT2D eigenvalue weighted by atomic mass is 35.5. The van der Waals surface area contributed by atoms with Crippen LogP contribution in [0.3, 0.4) is 0 Å². The number of hydrogen-bond acceptors (Lipinski definition) is 5. The van der Waals surface area contributed by atoms with Crippen molar-refractivity contribution in [3.8, 4) is 11.3 Å². The van der Waals surface area contributed by atoms with E-state index in [2.05, 4.69) is 10.1 Å². The number of carbonyl (C=O) groups is 1. The van der Waals surface area contributed by atoms with Crippen molar-refractivity contribution in [1.29, 1.82) is 0 Å². The monoisotopic (exact) mass is 469 g/mol. The van der Waals surface area contributed by atoms with Gasteiger partial charge in [-0.25, -0.2) is 19.2 Å². The van der Waals surface area contributed by atoms with Gasteiger partial charge in [-0.05, 0) is 44.2 Å². The second kappa shape index (κ2) is 9.07. The minimum Gasteiger partial charge on any atom is -0.478 e. The molecule has 0 saturated carbocycles. The van der Waals surface area contributed by atoms with Gasteiger partial charge >= 0.3 is 5.97 Å². The van der Waals surface area contributed by atoms with E-state index in [0.29, 0.717) is 0 Å². The number of nitrogens with zero attached hydrogens (tertiary/aromatic N) is 3. The summed E-state index contributed by atoms with van der Waals surface area (Å²) in [5.74, 6) is -1.96. The van der Waals surface area contributed by atoms with E-state index in [1.807, 2.05) is 13.8 Å². The summed E-state index contributed by atoms with van der Waals surface area (Å²) >= 11 is 13.1. The Morgan fingerprint density at radius 3 is 2.50 bits per heavy atom. The lowest BCUT2D eigenvalue weighted by molar-refractivity contribution is 0.0696. The summed E-state index contributed by atoms with van der Waals surface area (Å²) in [6.07, 6.45) is 1.27. The van der Waals surface area contributed by atoms with Crippen LogP contribution in [-0.4, -0.2) is 28.3 Å². The van der Waals surface area contributed by atoms with E-state index in [0.717, 1.165) is 23.5 Å². The van der Waals surface area contributed by atoms with E-state index in [1.54, 1.807) is 18.2 Å². The number of hydrazone groups is 1. The minimum atomic E-state index is -1.29. The van der Waals surface area contributed by atoms with Crippen molar-refractivity contribution in [2.24, 2.45) is 5.10 Å². The summed E-state index contributed by atoms with van der Waals surface area (Å²) in [6, 6.07) is 7.92. The lowest BCUT2D eigenvalue weighted by atomic mass is 10.1. The van der Waals surface area contributed by atoms with Gasteiger partial charge in [0.15, 0.2) is 0 Å². The number of aromatic nitrogens is 1. The topological polar surface area (TPSA) is 65.8 Å². The number of thiazole rings is 1. The van der Waals surface area contributed by atoms with Gasteiger partial charge in [0.05, 0.1) is 21.8 Å². The van der Waals surface area contributed by atoms with Gasteiger partial charge < -0.3 is 5.11 Å². The summed E-state index contributed by atoms with van der Waals surface area (Å²) < 4.78 is 28.1. The van der Waals surface area contributed by atoms with Crippen molar-refractivity contribution in [3.05, 3.63) is 68.5 Å². The number of benzene rings is 2. The molecule has 0 amide bonds. The second-order valence-corrected chi connectivity index (χ2v) is 8.18. The van der Waals surface area contributed by atoms with Crippen molar-refractivity contribution in [3.63, 3.8) is 0 Å². The maximum Gasteiger partial charge on any atom is 0.336 e. The van der Waals surface area contributed by atoms with Crippen LogP contribution in [0.1, 0.15) is 29.8 Å². The number of carboxylic acids is 1. The summed E-state index contributed by atoms with van der Waals surface area (Å²) in [4.78, 5) is 15.7. The van der Waals surface area contributed by atoms with Crippen LogP contribution in [0.4, 0.5) is 13.9 Å². The molecule has 0 unspecified atom stereocenters. The van der Waals surface area contributed by atoms with Gasteiger partial charge in [0, 0.05) is 17.2 Å². The van der Waals surface area contributed by atoms with Crippen molar-refractivity contribution >= 4 is 51.9 Å². The van der Waals surface area contributed by atoms with Crippen molar-refractivity contribution in [2.45, 2.75) is 19.9 Å². The van der Waals surface area contributed by atoms with Gasteiger partial charge in [-0.15, -0.1) is 0 Å². The molecule has 0 aliphatic heterocycles. The lowest BCUT2D eigenvalue weighted by Crippen LogP contribution is -2.25. The van der Waals surface area contributed by atoms with Crippen LogP contribution in [0.2, 0.25) is 10.0 Å². The Labute approximate surface area is 185 Å². The molecule has 1 heterocycles. The smallest absolute Gasteiger partial charge is 0.336 e. The maximum absolute atomic E-state index is 14.7. The third kappa shape index (κ3) is 4.61. The van der Waals surface area contributed by atoms with Crippen LogP contribution >= 0.6 is 34.5 Å². The highest BCUT2D eigenvalue weighted by Gasteiger charge is 2.22. The molecule has 0 fully saturated rings. The van der Waals surface area contributed by atoms with Gasteiger partial charge in [0.1, 0.15) is 11.5 Å². The molecule has 0 aliphatic carbocycles. The van der Waals surface area contributed by atoms with E-state index in [1.165, 1.54) is 17.3 Å². The number of hydrogen-bond donors (Lipinski definition) is 1. The minimum absolute atomic E-state index is 0.000503. The molecule has 0 bridgehead atoms. The van der Waals surface area contributed by atoms with Gasteiger partial charge in [-0.2, -0.15) is 9.49 Å². The fourth-order valence-corrected chi connectivity index (χ4v) is 4.09. The number of anilines is 1. The standard InChI is InChI=1S/C20H15Cl2F2N3O2S/c1-10(2)27(25-9-11-6-7-12(23)8-13(11)19(28)29)20-26-17(18(24)30-20)16-14(21)4-3-5-15(16)22/h3-10H,1-2H3,(H,28,29)/b25-9+. The molecule has 0 radical (unpaired) electrons. The highest BCUT2D eigenvalue weighted by Crippen LogP contribution is 2.39. The first-order chi connectivity index (χ1) is 14.2. The van der Waals surface area contributed by atoms with E-state index in [9.17, 15) is 18.7 Å². The summed E-state index contributed by atoms with van der Waals surface area (Å²) in [5.41, 5.74) is 0.233. The summed E-state index contributed by atoms with van der Waals surface area (Å²) in [6.45, 7) is 3.61. The first kappa shape index (κ1) is 22.1. The quantitative estimate of drug-likeness (QED) is 0.337. The van der Waals surface area contributed by atoms with Crippen molar-refractivity contribution in [1.82, 2.24) is 4.98 Å². The molecule has 5 nitrogen and oxygen atoms in total. The average molecular weight is 470 g/mol. The molecule has 2 aromatic carbocycles. The number of rotatable bonds is 6. The van der Waals surface area contributed by atoms with Gasteiger partial charge in [-0.3, -0.25) is 0 Å². The highest BCUT2D eigenvalue weighted by molar-refractivity contribution is 7.14. The molecule has 3 rings (SSSR count). The van der Waals surface area contributed by atoms with Crippen molar-refractivity contribution in [2.75, 3.05) is 5.01 Å². The molecule has 0 aliphatic rings. The average Bonchev–Trinajstić information content (AvgIpc) is 3.03. The van der Waals surface area contributed by atoms with E-state index < -0.39 is 16.9 Å². The molecule has 0 saturated heterocycles. The molecule has 0 spiro atoms. The van der Waals surface area contributed by atoms with E-state index >= 15 is 0 Å². The molecule has 156 valence electrons. The molecular formula is C20H15Cl2F2N3O2S. The first-order valence-electron chi connectivity index (χ1n) is 8.65. The SMILES string of the molecule is CC(C)N(/N=C/c1ccc(F)cc1C(=O)O)c1nc(-c2c(Cl)cccc2Cl)c(F)s1. The predicted octanol–water partition coefficient (Wildman–Crippen LogP) is 6.34. The molecular weight excluding hydrogens is 455 g/mol. The molecule has 0 atom stereocenters. The van der Waals surface area contributed by atoms with Crippen LogP contribution in [0.25, 0.3) is 11.3 Å². The summed E-state index contributed by atoms with van der Waals surface area (Å²) in [5, 5.41) is 15.1. The molecule has 1 aromatic heterocycles. The Balaban J connectivity index is 2.01. The van der Waals surface area contributed by atoms with Crippen LogP contribution in [0, 0.1) is 10.9 Å². The number of aromatic carboxylic acids is 1. The third-order valence-electron chi connectivity index (χ3n) is 4.03. The Kier molecular flexibility index (Phi) is 6.70. The predicted molar refractivity (Wildman–Crippen MR) is 116 cm³/mol. The molecule has 3 aromatic rings. The Hall–Kier alpha value is -2.55. The van der Waals surface area contributed by atoms with Crippen LogP contribution in [0.15, 0.2) is 41.5 Å². The fraction of sp³-hybridized carbons (Fsp3) is 0.150. The van der Waals surface area contributed by atoms with E-state index in [-0.39, 0.29) is 43.6 Å². The van der Waals surface area contributed by atoms with Gasteiger partial charge in [-0.1, -0.05) is 40.6 Å². The second-order valence-electron chi connectivity index (χ2n) is 6.44. The van der Waals surface area contributed by atoms with Gasteiger partial charge in [0.2, 0.25) is 10.3 Å². The molecule has 1 N–H and O–H groups in total. The zero-order valence-electron chi connectivity index (χ0n) is 15.7. The fourth-order valence-electron chi connectivity index (χ4n) is 2.62. The van der Waals surface area contributed by atoms with Crippen LogP contribution in [0.5, 0.6) is 0 Å².